The third kappa shape index (κ3) is 3.20. The number of aromatic nitrogens is 1. The van der Waals surface area contributed by atoms with Crippen molar-refractivity contribution in [3.8, 4) is 0 Å². The summed E-state index contributed by atoms with van der Waals surface area (Å²) in [4.78, 5) is 8.57. The van der Waals surface area contributed by atoms with Gasteiger partial charge in [-0.2, -0.15) is 0 Å². The largest absolute Gasteiger partial charge is 0.462 e. The van der Waals surface area contributed by atoms with Crippen molar-refractivity contribution in [3.63, 3.8) is 0 Å². The quantitative estimate of drug-likeness (QED) is 0.682. The molecule has 2 heterocycles. The van der Waals surface area contributed by atoms with E-state index in [1.807, 2.05) is 0 Å². The Morgan fingerprint density at radius 1 is 1.30 bits per heavy atom. The Bertz CT molecular complexity index is 1030. The molecule has 1 saturated carbocycles. The fourth-order valence-corrected chi connectivity index (χ4v) is 5.40. The normalized spacial score (nSPS) is 29.6. The number of ether oxygens (including phenoxy) is 1. The molecule has 4 atom stereocenters. The lowest BCUT2D eigenvalue weighted by molar-refractivity contribution is 0.0176. The van der Waals surface area contributed by atoms with Crippen molar-refractivity contribution in [2.24, 2.45) is 16.6 Å². The Morgan fingerprint density at radius 2 is 2.13 bits per heavy atom. The van der Waals surface area contributed by atoms with Crippen molar-refractivity contribution in [2.45, 2.75) is 56.1 Å². The SMILES string of the molecule is NC1=N[C@@](c2cc(C[C@@H]3CCCc4cc(Br)cnc43)ccc2F)(C(F)F)[C@H]2C[C@H]2O1. The highest BCUT2D eigenvalue weighted by Crippen LogP contribution is 2.56. The minimum atomic E-state index is -2.88. The van der Waals surface area contributed by atoms with E-state index in [1.54, 1.807) is 18.3 Å². The van der Waals surface area contributed by atoms with Crippen molar-refractivity contribution in [1.82, 2.24) is 4.98 Å². The van der Waals surface area contributed by atoms with Gasteiger partial charge in [0.05, 0.1) is 0 Å². The van der Waals surface area contributed by atoms with Crippen LogP contribution in [-0.2, 0) is 23.1 Å². The summed E-state index contributed by atoms with van der Waals surface area (Å²) in [5, 5.41) is 0. The van der Waals surface area contributed by atoms with E-state index in [9.17, 15) is 13.2 Å². The highest BCUT2D eigenvalue weighted by molar-refractivity contribution is 9.10. The van der Waals surface area contributed by atoms with E-state index >= 15 is 0 Å². The van der Waals surface area contributed by atoms with E-state index in [0.29, 0.717) is 12.8 Å². The summed E-state index contributed by atoms with van der Waals surface area (Å²) in [6.07, 6.45) is 2.45. The monoisotopic (exact) mass is 479 g/mol. The van der Waals surface area contributed by atoms with Gasteiger partial charge in [-0.3, -0.25) is 4.98 Å². The van der Waals surface area contributed by atoms with E-state index in [0.717, 1.165) is 35.0 Å². The zero-order chi connectivity index (χ0) is 21.0. The Kier molecular flexibility index (Phi) is 4.80. The lowest BCUT2D eigenvalue weighted by Gasteiger charge is -2.33. The molecular weight excluding hydrogens is 459 g/mol. The number of fused-ring (bicyclic) bond motifs is 2. The van der Waals surface area contributed by atoms with Gasteiger partial charge in [0, 0.05) is 33.8 Å². The Hall–Kier alpha value is -2.09. The van der Waals surface area contributed by atoms with Crippen LogP contribution in [0.5, 0.6) is 0 Å². The van der Waals surface area contributed by atoms with Crippen molar-refractivity contribution in [3.05, 3.63) is 63.1 Å². The second-order valence-electron chi connectivity index (χ2n) is 8.38. The molecule has 2 N–H and O–H groups in total. The van der Waals surface area contributed by atoms with E-state index in [1.165, 1.54) is 11.6 Å². The van der Waals surface area contributed by atoms with Crippen LogP contribution in [0.3, 0.4) is 0 Å². The number of nitrogens with zero attached hydrogens (tertiary/aromatic N) is 2. The first kappa shape index (κ1) is 19.8. The highest BCUT2D eigenvalue weighted by atomic mass is 79.9. The maximum atomic E-state index is 14.8. The fourth-order valence-electron chi connectivity index (χ4n) is 5.02. The van der Waals surface area contributed by atoms with E-state index in [2.05, 4.69) is 32.0 Å². The minimum Gasteiger partial charge on any atom is -0.462 e. The van der Waals surface area contributed by atoms with Gasteiger partial charge >= 0.3 is 0 Å². The number of rotatable bonds is 4. The van der Waals surface area contributed by atoms with E-state index < -0.39 is 29.8 Å². The third-order valence-electron chi connectivity index (χ3n) is 6.50. The van der Waals surface area contributed by atoms with Crippen molar-refractivity contribution in [2.75, 3.05) is 0 Å². The molecule has 3 aliphatic rings. The van der Waals surface area contributed by atoms with Gasteiger partial charge in [-0.1, -0.05) is 12.1 Å². The summed E-state index contributed by atoms with van der Waals surface area (Å²) in [5.41, 5.74) is 6.63. The molecular formula is C22H21BrF3N3O. The van der Waals surface area contributed by atoms with Gasteiger partial charge in [0.25, 0.3) is 12.4 Å². The molecule has 1 aliphatic heterocycles. The molecule has 8 heteroatoms. The van der Waals surface area contributed by atoms with E-state index in [4.69, 9.17) is 10.5 Å². The molecule has 30 heavy (non-hydrogen) atoms. The van der Waals surface area contributed by atoms with Gasteiger partial charge < -0.3 is 10.5 Å². The summed E-state index contributed by atoms with van der Waals surface area (Å²) in [5.74, 6) is -1.09. The average Bonchev–Trinajstić information content (AvgIpc) is 3.48. The Labute approximate surface area is 180 Å². The lowest BCUT2D eigenvalue weighted by Crippen LogP contribution is -2.43. The molecule has 0 unspecified atom stereocenters. The molecule has 5 rings (SSSR count). The second kappa shape index (κ2) is 7.25. The first-order valence-corrected chi connectivity index (χ1v) is 10.9. The molecule has 0 spiro atoms. The van der Waals surface area contributed by atoms with Crippen molar-refractivity contribution >= 4 is 22.0 Å². The van der Waals surface area contributed by atoms with Crippen LogP contribution >= 0.6 is 15.9 Å². The van der Waals surface area contributed by atoms with Gasteiger partial charge in [0.15, 0.2) is 5.54 Å². The van der Waals surface area contributed by atoms with Gasteiger partial charge in [0.2, 0.25) is 0 Å². The molecule has 4 nitrogen and oxygen atoms in total. The van der Waals surface area contributed by atoms with Crippen molar-refractivity contribution < 1.29 is 17.9 Å². The average molecular weight is 480 g/mol. The molecule has 2 aromatic rings. The highest BCUT2D eigenvalue weighted by Gasteiger charge is 2.64. The van der Waals surface area contributed by atoms with Gasteiger partial charge in [0.1, 0.15) is 11.9 Å². The summed E-state index contributed by atoms with van der Waals surface area (Å²) in [6.45, 7) is 0. The van der Waals surface area contributed by atoms with Crippen LogP contribution in [0, 0.1) is 11.7 Å². The number of nitrogens with two attached hydrogens (primary N) is 1. The van der Waals surface area contributed by atoms with Crippen LogP contribution < -0.4 is 5.73 Å². The minimum absolute atomic E-state index is 0.0893. The molecule has 0 amide bonds. The first-order chi connectivity index (χ1) is 14.4. The molecule has 0 radical (unpaired) electrons. The molecule has 0 bridgehead atoms. The summed E-state index contributed by atoms with van der Waals surface area (Å²) in [6, 6.07) is 6.28. The third-order valence-corrected chi connectivity index (χ3v) is 6.93. The number of halogens is 4. The smallest absolute Gasteiger partial charge is 0.283 e. The van der Waals surface area contributed by atoms with Gasteiger partial charge in [-0.25, -0.2) is 18.2 Å². The van der Waals surface area contributed by atoms with Crippen LogP contribution in [-0.4, -0.2) is 23.5 Å². The number of benzene rings is 1. The lowest BCUT2D eigenvalue weighted by atomic mass is 9.80. The number of alkyl halides is 2. The van der Waals surface area contributed by atoms with E-state index in [-0.39, 0.29) is 17.5 Å². The predicted molar refractivity (Wildman–Crippen MR) is 110 cm³/mol. The predicted octanol–water partition coefficient (Wildman–Crippen LogP) is 4.84. The molecule has 0 saturated heterocycles. The Morgan fingerprint density at radius 3 is 2.93 bits per heavy atom. The molecule has 158 valence electrons. The maximum Gasteiger partial charge on any atom is 0.283 e. The van der Waals surface area contributed by atoms with Gasteiger partial charge in [-0.05, 0) is 71.3 Å². The first-order valence-electron chi connectivity index (χ1n) is 10.1. The second-order valence-corrected chi connectivity index (χ2v) is 9.30. The van der Waals surface area contributed by atoms with Crippen LogP contribution in [0.15, 0.2) is 39.9 Å². The molecule has 1 aromatic heterocycles. The number of pyridine rings is 1. The van der Waals surface area contributed by atoms with Crippen LogP contribution in [0.2, 0.25) is 0 Å². The maximum absolute atomic E-state index is 14.8. The summed E-state index contributed by atoms with van der Waals surface area (Å²) in [7, 11) is 0. The zero-order valence-corrected chi connectivity index (χ0v) is 17.7. The summed E-state index contributed by atoms with van der Waals surface area (Å²) >= 11 is 3.46. The standard InChI is InChI=1S/C22H21BrF3N3O/c23-14-8-13-3-1-2-12(19(13)28-10-14)6-11-4-5-17(24)15(7-11)22(20(25)26)16-9-18(16)30-21(27)29-22/h4-5,7-8,10,12,16,18,20H,1-3,6,9H2,(H2,27,29)/t12-,16-,18+,22+/m0/s1. The molecule has 2 aliphatic carbocycles. The van der Waals surface area contributed by atoms with Crippen LogP contribution in [0.1, 0.15) is 47.6 Å². The number of hydrogen-bond acceptors (Lipinski definition) is 4. The topological polar surface area (TPSA) is 60.5 Å². The fraction of sp³-hybridized carbons (Fsp3) is 0.455. The van der Waals surface area contributed by atoms with Crippen LogP contribution in [0.25, 0.3) is 0 Å². The van der Waals surface area contributed by atoms with Gasteiger partial charge in [-0.15, -0.1) is 0 Å². The summed E-state index contributed by atoms with van der Waals surface area (Å²) < 4.78 is 49.7. The van der Waals surface area contributed by atoms with Crippen LogP contribution in [0.4, 0.5) is 13.2 Å². The zero-order valence-electron chi connectivity index (χ0n) is 16.1. The number of aliphatic imine (C=N–C) groups is 1. The molecule has 1 aromatic carbocycles. The number of amidine groups is 1. The number of aryl methyl sites for hydroxylation is 1. The molecule has 1 fully saturated rings. The number of hydrogen-bond donors (Lipinski definition) is 1. The Balaban J connectivity index is 1.52. The van der Waals surface area contributed by atoms with Crippen molar-refractivity contribution in [1.29, 1.82) is 0 Å².